The summed E-state index contributed by atoms with van der Waals surface area (Å²) < 4.78 is 21.4. The van der Waals surface area contributed by atoms with Crippen LogP contribution in [0.4, 0.5) is 5.69 Å². The molecule has 2 rings (SSSR count). The van der Waals surface area contributed by atoms with Gasteiger partial charge in [-0.1, -0.05) is 24.6 Å². The van der Waals surface area contributed by atoms with Gasteiger partial charge < -0.3 is 24.3 Å². The Morgan fingerprint density at radius 1 is 1.07 bits per heavy atom. The maximum atomic E-state index is 12.7. The molecule has 0 bridgehead atoms. The number of carbonyl (C=O) groups is 1. The Morgan fingerprint density at radius 3 is 2.37 bits per heavy atom. The predicted molar refractivity (Wildman–Crippen MR) is 116 cm³/mol. The lowest BCUT2D eigenvalue weighted by Crippen LogP contribution is -2.14. The van der Waals surface area contributed by atoms with Crippen LogP contribution in [0.2, 0.25) is 5.02 Å². The Kier molecular flexibility index (Phi) is 8.39. The van der Waals surface area contributed by atoms with Gasteiger partial charge in [0.2, 0.25) is 0 Å². The van der Waals surface area contributed by atoms with Crippen LogP contribution < -0.4 is 24.3 Å². The average Bonchev–Trinajstić information content (AvgIpc) is 2.76. The van der Waals surface area contributed by atoms with Gasteiger partial charge >= 0.3 is 0 Å². The van der Waals surface area contributed by atoms with Crippen molar-refractivity contribution in [1.29, 1.82) is 5.26 Å². The van der Waals surface area contributed by atoms with Gasteiger partial charge in [-0.05, 0) is 30.2 Å². The van der Waals surface area contributed by atoms with Crippen LogP contribution in [0.3, 0.4) is 0 Å². The topological polar surface area (TPSA) is 89.8 Å². The van der Waals surface area contributed by atoms with Crippen LogP contribution in [0, 0.1) is 11.3 Å². The molecule has 0 unspecified atom stereocenters. The summed E-state index contributed by atoms with van der Waals surface area (Å²) in [5, 5.41) is 12.5. The van der Waals surface area contributed by atoms with E-state index < -0.39 is 5.91 Å². The molecule has 0 atom stereocenters. The first-order chi connectivity index (χ1) is 14.5. The minimum Gasteiger partial charge on any atom is -0.495 e. The summed E-state index contributed by atoms with van der Waals surface area (Å²) in [7, 11) is 4.43. The summed E-state index contributed by atoms with van der Waals surface area (Å²) in [5.74, 6) is 1.20. The van der Waals surface area contributed by atoms with Crippen LogP contribution in [0.25, 0.3) is 6.08 Å². The van der Waals surface area contributed by atoms with Gasteiger partial charge in [0.15, 0.2) is 11.5 Å². The standard InChI is InChI=1S/C22H23ClN2O5/c1-5-8-30-18-7-6-14(10-21(18)29-4)9-15(13-24)22(26)25-17-12-19(27-2)16(23)11-20(17)28-3/h6-7,9-12H,5,8H2,1-4H3,(H,25,26)/b15-9+. The molecule has 158 valence electrons. The molecule has 0 aliphatic carbocycles. The molecule has 0 aromatic heterocycles. The number of hydrogen-bond donors (Lipinski definition) is 1. The zero-order chi connectivity index (χ0) is 22.1. The molecule has 0 spiro atoms. The Hall–Kier alpha value is -3.37. The number of nitrogens with one attached hydrogen (secondary N) is 1. The Morgan fingerprint density at radius 2 is 1.77 bits per heavy atom. The molecule has 0 aliphatic rings. The molecule has 8 heteroatoms. The smallest absolute Gasteiger partial charge is 0.266 e. The molecule has 2 aromatic rings. The van der Waals surface area contributed by atoms with Crippen molar-refractivity contribution in [3.05, 3.63) is 46.5 Å². The normalized spacial score (nSPS) is 10.7. The number of benzene rings is 2. The Balaban J connectivity index is 2.31. The summed E-state index contributed by atoms with van der Waals surface area (Å²) in [6, 6.07) is 10.1. The van der Waals surface area contributed by atoms with E-state index in [2.05, 4.69) is 5.32 Å². The zero-order valence-electron chi connectivity index (χ0n) is 17.2. The van der Waals surface area contributed by atoms with Crippen LogP contribution in [-0.2, 0) is 4.79 Å². The lowest BCUT2D eigenvalue weighted by atomic mass is 10.1. The van der Waals surface area contributed by atoms with E-state index in [9.17, 15) is 10.1 Å². The number of carbonyl (C=O) groups excluding carboxylic acids is 1. The van der Waals surface area contributed by atoms with Crippen molar-refractivity contribution in [1.82, 2.24) is 0 Å². The monoisotopic (exact) mass is 430 g/mol. The summed E-state index contributed by atoms with van der Waals surface area (Å²) >= 11 is 6.08. The molecule has 0 radical (unpaired) electrons. The maximum Gasteiger partial charge on any atom is 0.266 e. The van der Waals surface area contributed by atoms with E-state index in [1.807, 2.05) is 13.0 Å². The maximum absolute atomic E-state index is 12.7. The summed E-state index contributed by atoms with van der Waals surface area (Å²) in [6.07, 6.45) is 2.32. The average molecular weight is 431 g/mol. The van der Waals surface area contributed by atoms with Crippen molar-refractivity contribution in [2.45, 2.75) is 13.3 Å². The number of methoxy groups -OCH3 is 3. The number of ether oxygens (including phenoxy) is 4. The van der Waals surface area contributed by atoms with E-state index in [0.29, 0.717) is 45.9 Å². The van der Waals surface area contributed by atoms with Gasteiger partial charge in [-0.2, -0.15) is 5.26 Å². The summed E-state index contributed by atoms with van der Waals surface area (Å²) in [6.45, 7) is 2.57. The van der Waals surface area contributed by atoms with Crippen LogP contribution in [-0.4, -0.2) is 33.8 Å². The molecular weight excluding hydrogens is 408 g/mol. The number of rotatable bonds is 9. The van der Waals surface area contributed by atoms with E-state index in [4.69, 9.17) is 30.5 Å². The van der Waals surface area contributed by atoms with Crippen molar-refractivity contribution >= 4 is 29.3 Å². The predicted octanol–water partition coefficient (Wildman–Crippen LogP) is 4.70. The first-order valence-corrected chi connectivity index (χ1v) is 9.50. The molecule has 1 N–H and O–H groups in total. The third-order valence-electron chi connectivity index (χ3n) is 4.05. The van der Waals surface area contributed by atoms with Crippen LogP contribution >= 0.6 is 11.6 Å². The molecule has 0 heterocycles. The second kappa shape index (κ2) is 11.0. The van der Waals surface area contributed by atoms with Crippen molar-refractivity contribution < 1.29 is 23.7 Å². The van der Waals surface area contributed by atoms with Gasteiger partial charge in [0, 0.05) is 12.1 Å². The third-order valence-corrected chi connectivity index (χ3v) is 4.34. The number of anilines is 1. The fourth-order valence-corrected chi connectivity index (χ4v) is 2.80. The van der Waals surface area contributed by atoms with Gasteiger partial charge in [-0.25, -0.2) is 0 Å². The fraction of sp³-hybridized carbons (Fsp3) is 0.273. The van der Waals surface area contributed by atoms with Gasteiger partial charge in [0.05, 0.1) is 38.6 Å². The summed E-state index contributed by atoms with van der Waals surface area (Å²) in [5.41, 5.74) is 0.837. The molecular formula is C22H23ClN2O5. The number of nitrogens with zero attached hydrogens (tertiary/aromatic N) is 1. The highest BCUT2D eigenvalue weighted by Crippen LogP contribution is 2.36. The first-order valence-electron chi connectivity index (χ1n) is 9.12. The van der Waals surface area contributed by atoms with Gasteiger partial charge in [-0.15, -0.1) is 0 Å². The van der Waals surface area contributed by atoms with Crippen LogP contribution in [0.1, 0.15) is 18.9 Å². The number of nitriles is 1. The highest BCUT2D eigenvalue weighted by Gasteiger charge is 2.16. The fourth-order valence-electron chi connectivity index (χ4n) is 2.57. The molecule has 7 nitrogen and oxygen atoms in total. The van der Waals surface area contributed by atoms with E-state index >= 15 is 0 Å². The third kappa shape index (κ3) is 5.58. The van der Waals surface area contributed by atoms with E-state index in [1.165, 1.54) is 39.5 Å². The van der Waals surface area contributed by atoms with Crippen LogP contribution in [0.15, 0.2) is 35.9 Å². The van der Waals surface area contributed by atoms with E-state index in [1.54, 1.807) is 18.2 Å². The van der Waals surface area contributed by atoms with E-state index in [-0.39, 0.29) is 5.57 Å². The van der Waals surface area contributed by atoms with Crippen molar-refractivity contribution in [3.8, 4) is 29.1 Å². The molecule has 0 saturated heterocycles. The van der Waals surface area contributed by atoms with Gasteiger partial charge in [0.25, 0.3) is 5.91 Å². The second-order valence-electron chi connectivity index (χ2n) is 6.07. The molecule has 2 aromatic carbocycles. The molecule has 1 amide bonds. The highest BCUT2D eigenvalue weighted by atomic mass is 35.5. The quantitative estimate of drug-likeness (QED) is 0.458. The number of hydrogen-bond acceptors (Lipinski definition) is 6. The lowest BCUT2D eigenvalue weighted by molar-refractivity contribution is -0.112. The van der Waals surface area contributed by atoms with Crippen molar-refractivity contribution in [2.24, 2.45) is 0 Å². The number of amides is 1. The Bertz CT molecular complexity index is 982. The lowest BCUT2D eigenvalue weighted by Gasteiger charge is -2.13. The SMILES string of the molecule is CCCOc1ccc(/C=C(\C#N)C(=O)Nc2cc(OC)c(Cl)cc2OC)cc1OC. The van der Waals surface area contributed by atoms with E-state index in [0.717, 1.165) is 6.42 Å². The Labute approximate surface area is 180 Å². The first kappa shape index (κ1) is 22.9. The minimum absolute atomic E-state index is 0.102. The van der Waals surface area contributed by atoms with Crippen molar-refractivity contribution in [2.75, 3.05) is 33.3 Å². The summed E-state index contributed by atoms with van der Waals surface area (Å²) in [4.78, 5) is 12.7. The zero-order valence-corrected chi connectivity index (χ0v) is 18.0. The molecule has 0 aliphatic heterocycles. The number of halogens is 1. The highest BCUT2D eigenvalue weighted by molar-refractivity contribution is 6.32. The molecule has 0 saturated carbocycles. The molecule has 0 fully saturated rings. The van der Waals surface area contributed by atoms with Gasteiger partial charge in [-0.3, -0.25) is 4.79 Å². The van der Waals surface area contributed by atoms with Crippen molar-refractivity contribution in [3.63, 3.8) is 0 Å². The largest absolute Gasteiger partial charge is 0.495 e. The molecule has 30 heavy (non-hydrogen) atoms. The minimum atomic E-state index is -0.606. The van der Waals surface area contributed by atoms with Gasteiger partial charge in [0.1, 0.15) is 23.1 Å². The van der Waals surface area contributed by atoms with Crippen LogP contribution in [0.5, 0.6) is 23.0 Å². The second-order valence-corrected chi connectivity index (χ2v) is 6.48.